The number of benzene rings is 2. The molecule has 2 amide bonds. The first-order chi connectivity index (χ1) is 16.9. The fourth-order valence-electron chi connectivity index (χ4n) is 4.42. The summed E-state index contributed by atoms with van der Waals surface area (Å²) in [6.45, 7) is 1.62. The molecule has 0 aromatic heterocycles. The van der Waals surface area contributed by atoms with Crippen LogP contribution in [-0.2, 0) is 10.4 Å². The fourth-order valence-corrected chi connectivity index (χ4v) is 4.67. The molecule has 10 heteroatoms. The lowest BCUT2D eigenvalue weighted by atomic mass is 9.91. The van der Waals surface area contributed by atoms with Crippen molar-refractivity contribution >= 4 is 29.1 Å². The van der Waals surface area contributed by atoms with Gasteiger partial charge in [0.15, 0.2) is 0 Å². The number of amides is 2. The minimum Gasteiger partial charge on any atom is -0.371 e. The number of aliphatic hydroxyl groups is 1. The molecule has 0 radical (unpaired) electrons. The maximum absolute atomic E-state index is 13.6. The van der Waals surface area contributed by atoms with Crippen molar-refractivity contribution in [2.24, 2.45) is 5.92 Å². The van der Waals surface area contributed by atoms with Gasteiger partial charge in [0.1, 0.15) is 0 Å². The molecule has 2 N–H and O–H groups in total. The van der Waals surface area contributed by atoms with Crippen LogP contribution in [0.5, 0.6) is 0 Å². The van der Waals surface area contributed by atoms with Crippen LogP contribution in [0.2, 0.25) is 5.02 Å². The highest BCUT2D eigenvalue weighted by molar-refractivity contribution is 6.34. The lowest BCUT2D eigenvalue weighted by Gasteiger charge is -2.34. The third kappa shape index (κ3) is 6.13. The molecular weight excluding hydrogens is 495 g/mol. The third-order valence-electron chi connectivity index (χ3n) is 6.57. The second kappa shape index (κ2) is 11.5. The van der Waals surface area contributed by atoms with Gasteiger partial charge in [0.25, 0.3) is 17.4 Å². The molecular formula is C26H31ClF3N3O3. The maximum atomic E-state index is 13.6. The van der Waals surface area contributed by atoms with Gasteiger partial charge < -0.3 is 20.2 Å². The van der Waals surface area contributed by atoms with Crippen molar-refractivity contribution in [2.75, 3.05) is 38.6 Å². The highest BCUT2D eigenvalue weighted by Gasteiger charge is 2.60. The van der Waals surface area contributed by atoms with E-state index in [1.54, 1.807) is 26.2 Å². The van der Waals surface area contributed by atoms with E-state index in [4.69, 9.17) is 11.6 Å². The van der Waals surface area contributed by atoms with Gasteiger partial charge in [0, 0.05) is 45.0 Å². The minimum atomic E-state index is -5.15. The fraction of sp³-hybridized carbons (Fsp3) is 0.462. The smallest absolute Gasteiger partial charge is 0.371 e. The van der Waals surface area contributed by atoms with Gasteiger partial charge in [-0.15, -0.1) is 0 Å². The third-order valence-corrected chi connectivity index (χ3v) is 6.89. The van der Waals surface area contributed by atoms with Crippen LogP contribution >= 0.6 is 11.6 Å². The van der Waals surface area contributed by atoms with E-state index in [2.05, 4.69) is 10.2 Å². The number of anilines is 1. The van der Waals surface area contributed by atoms with E-state index in [1.807, 2.05) is 6.07 Å². The van der Waals surface area contributed by atoms with Crippen molar-refractivity contribution in [3.8, 4) is 0 Å². The molecule has 0 bridgehead atoms. The van der Waals surface area contributed by atoms with Crippen LogP contribution in [0.4, 0.5) is 18.9 Å². The zero-order chi connectivity index (χ0) is 26.5. The molecule has 1 aliphatic rings. The summed E-state index contributed by atoms with van der Waals surface area (Å²) in [5.74, 6) is -1.25. The first-order valence-electron chi connectivity index (χ1n) is 11.8. The predicted molar refractivity (Wildman–Crippen MR) is 133 cm³/mol. The highest BCUT2D eigenvalue weighted by Crippen LogP contribution is 2.39. The normalized spacial score (nSPS) is 16.4. The lowest BCUT2D eigenvalue weighted by molar-refractivity contribution is -0.257. The van der Waals surface area contributed by atoms with E-state index in [-0.39, 0.29) is 12.5 Å². The van der Waals surface area contributed by atoms with Crippen LogP contribution in [0.25, 0.3) is 0 Å². The number of hydrogen-bond acceptors (Lipinski definition) is 4. The molecule has 3 rings (SSSR count). The summed E-state index contributed by atoms with van der Waals surface area (Å²) in [5.41, 5.74) is -2.71. The van der Waals surface area contributed by atoms with E-state index in [9.17, 15) is 27.9 Å². The summed E-state index contributed by atoms with van der Waals surface area (Å²) in [6.07, 6.45) is -2.11. The summed E-state index contributed by atoms with van der Waals surface area (Å²) in [7, 11) is 3.34. The average Bonchev–Trinajstić information content (AvgIpc) is 2.85. The van der Waals surface area contributed by atoms with E-state index in [0.717, 1.165) is 50.2 Å². The minimum absolute atomic E-state index is 0.0429. The molecule has 6 nitrogen and oxygen atoms in total. The summed E-state index contributed by atoms with van der Waals surface area (Å²) >= 11 is 6.33. The maximum Gasteiger partial charge on any atom is 0.430 e. The Bertz CT molecular complexity index is 1060. The predicted octanol–water partition coefficient (Wildman–Crippen LogP) is 4.60. The van der Waals surface area contributed by atoms with E-state index in [0.29, 0.717) is 22.9 Å². The number of rotatable bonds is 8. The van der Waals surface area contributed by atoms with E-state index >= 15 is 0 Å². The summed E-state index contributed by atoms with van der Waals surface area (Å²) in [6, 6.07) is 11.8. The zero-order valence-corrected chi connectivity index (χ0v) is 21.1. The number of carbonyl (C=O) groups excluding carboxylic acids is 2. The number of nitrogens with zero attached hydrogens (tertiary/aromatic N) is 2. The standard InChI is InChI=1S/C26H31ClF3N3O3/c1-32(2)23(34)21-11-10-20(17-22(21)27)33-15-12-18(13-16-33)7-6-14-31-24(35)25(36,26(28,29)30)19-8-4-3-5-9-19/h3-5,8-11,17-18,36H,6-7,12-16H2,1-2H3,(H,31,35). The van der Waals surface area contributed by atoms with Crippen LogP contribution in [0.3, 0.4) is 0 Å². The van der Waals surface area contributed by atoms with Gasteiger partial charge in [0.2, 0.25) is 0 Å². The van der Waals surface area contributed by atoms with Crippen LogP contribution in [-0.4, -0.2) is 61.7 Å². The van der Waals surface area contributed by atoms with Crippen molar-refractivity contribution in [1.29, 1.82) is 0 Å². The van der Waals surface area contributed by atoms with E-state index < -0.39 is 23.2 Å². The van der Waals surface area contributed by atoms with E-state index in [1.165, 1.54) is 23.1 Å². The Morgan fingerprint density at radius 3 is 2.31 bits per heavy atom. The second-order valence-corrected chi connectivity index (χ2v) is 9.67. The molecule has 1 fully saturated rings. The van der Waals surface area contributed by atoms with Crippen LogP contribution in [0.1, 0.15) is 41.6 Å². The molecule has 2 aromatic carbocycles. The summed E-state index contributed by atoms with van der Waals surface area (Å²) < 4.78 is 40.8. The Hall–Kier alpha value is -2.78. The molecule has 1 atom stereocenters. The highest BCUT2D eigenvalue weighted by atomic mass is 35.5. The second-order valence-electron chi connectivity index (χ2n) is 9.27. The molecule has 1 heterocycles. The van der Waals surface area contributed by atoms with Crippen molar-refractivity contribution < 1.29 is 27.9 Å². The average molecular weight is 526 g/mol. The van der Waals surface area contributed by atoms with Gasteiger partial charge in [-0.25, -0.2) is 0 Å². The molecule has 0 spiro atoms. The SMILES string of the molecule is CN(C)C(=O)c1ccc(N2CCC(CCCNC(=O)C(O)(c3ccccc3)C(F)(F)F)CC2)cc1Cl. The van der Waals surface area contributed by atoms with Gasteiger partial charge in [-0.05, 0) is 49.8 Å². The number of piperidine rings is 1. The molecule has 36 heavy (non-hydrogen) atoms. The monoisotopic (exact) mass is 525 g/mol. The van der Waals surface area contributed by atoms with Crippen molar-refractivity contribution in [3.63, 3.8) is 0 Å². The van der Waals surface area contributed by atoms with Crippen LogP contribution < -0.4 is 10.2 Å². The lowest BCUT2D eigenvalue weighted by Crippen LogP contribution is -2.54. The molecule has 0 saturated carbocycles. The summed E-state index contributed by atoms with van der Waals surface area (Å²) in [5, 5.41) is 13.0. The molecule has 1 unspecified atom stereocenters. The first kappa shape index (κ1) is 27.8. The zero-order valence-electron chi connectivity index (χ0n) is 20.3. The Morgan fingerprint density at radius 1 is 1.11 bits per heavy atom. The largest absolute Gasteiger partial charge is 0.430 e. The van der Waals surface area contributed by atoms with Crippen molar-refractivity contribution in [3.05, 3.63) is 64.7 Å². The van der Waals surface area contributed by atoms with Crippen LogP contribution in [0.15, 0.2) is 48.5 Å². The van der Waals surface area contributed by atoms with Gasteiger partial charge in [0.05, 0.1) is 10.6 Å². The Balaban J connectivity index is 1.48. The molecule has 0 aliphatic carbocycles. The topological polar surface area (TPSA) is 72.9 Å². The molecule has 196 valence electrons. The summed E-state index contributed by atoms with van der Waals surface area (Å²) in [4.78, 5) is 28.2. The number of halogens is 4. The Kier molecular flexibility index (Phi) is 8.89. The van der Waals surface area contributed by atoms with Gasteiger partial charge in [-0.2, -0.15) is 13.2 Å². The van der Waals surface area contributed by atoms with Gasteiger partial charge >= 0.3 is 6.18 Å². The van der Waals surface area contributed by atoms with Crippen molar-refractivity contribution in [2.45, 2.75) is 37.5 Å². The quantitative estimate of drug-likeness (QED) is 0.494. The first-order valence-corrected chi connectivity index (χ1v) is 12.2. The van der Waals surface area contributed by atoms with Crippen molar-refractivity contribution in [1.82, 2.24) is 10.2 Å². The van der Waals surface area contributed by atoms with Gasteiger partial charge in [-0.3, -0.25) is 9.59 Å². The van der Waals surface area contributed by atoms with Gasteiger partial charge in [-0.1, -0.05) is 41.9 Å². The number of hydrogen-bond donors (Lipinski definition) is 2. The Morgan fingerprint density at radius 2 is 1.75 bits per heavy atom. The number of nitrogens with one attached hydrogen (secondary N) is 1. The number of alkyl halides is 3. The Labute approximate surface area is 214 Å². The molecule has 1 saturated heterocycles. The molecule has 1 aliphatic heterocycles. The van der Waals surface area contributed by atoms with Crippen LogP contribution in [0, 0.1) is 5.92 Å². The molecule has 2 aromatic rings. The number of carbonyl (C=O) groups is 2.